The number of hydrogen-bond acceptors (Lipinski definition) is 4. The zero-order valence-electron chi connectivity index (χ0n) is 21.1. The second kappa shape index (κ2) is 11.7. The van der Waals surface area contributed by atoms with E-state index in [2.05, 4.69) is 56.5 Å². The van der Waals surface area contributed by atoms with Gasteiger partial charge in [0.25, 0.3) is 0 Å². The predicted octanol–water partition coefficient (Wildman–Crippen LogP) is 6.57. The molecule has 0 radical (unpaired) electrons. The van der Waals surface area contributed by atoms with E-state index in [4.69, 9.17) is 5.73 Å². The van der Waals surface area contributed by atoms with Crippen molar-refractivity contribution in [3.63, 3.8) is 0 Å². The Kier molecular flexibility index (Phi) is 9.96. The number of benzene rings is 1. The van der Waals surface area contributed by atoms with E-state index in [9.17, 15) is 4.39 Å². The maximum Gasteiger partial charge on any atom is 0.142 e. The van der Waals surface area contributed by atoms with Gasteiger partial charge >= 0.3 is 0 Å². The topological polar surface area (TPSA) is 62.1 Å². The molecule has 33 heavy (non-hydrogen) atoms. The van der Waals surface area contributed by atoms with Crippen LogP contribution in [0.1, 0.15) is 53.5 Å². The van der Waals surface area contributed by atoms with Crippen LogP contribution >= 0.6 is 0 Å². The average molecular weight is 459 g/mol. The summed E-state index contributed by atoms with van der Waals surface area (Å²) in [7, 11) is 0. The highest BCUT2D eigenvalue weighted by molar-refractivity contribution is 5.58. The Morgan fingerprint density at radius 2 is 1.70 bits per heavy atom. The Labute approximate surface area is 198 Å². The molecule has 0 aliphatic carbocycles. The lowest BCUT2D eigenvalue weighted by atomic mass is 9.90. The fourth-order valence-corrected chi connectivity index (χ4v) is 3.19. The van der Waals surface area contributed by atoms with Gasteiger partial charge in [-0.15, -0.1) is 0 Å². The molecule has 0 spiro atoms. The van der Waals surface area contributed by atoms with Gasteiger partial charge in [-0.2, -0.15) is 0 Å². The van der Waals surface area contributed by atoms with Crippen LogP contribution in [-0.2, 0) is 0 Å². The highest BCUT2D eigenvalue weighted by atomic mass is 19.1. The SMILES string of the molecule is C=C(CC(C)(C)C)NC(C)C(C)N/C(C)=C(F)/C=C(/C(=C)N)C(=C)Nc1ccc(C)c(F)c1. The predicted molar refractivity (Wildman–Crippen MR) is 138 cm³/mol. The molecule has 6 heteroatoms. The molecule has 1 aromatic rings. The van der Waals surface area contributed by atoms with E-state index in [0.29, 0.717) is 28.2 Å². The minimum absolute atomic E-state index is 0.0311. The Hall–Kier alpha value is -3.02. The number of anilines is 1. The first-order valence-electron chi connectivity index (χ1n) is 11.1. The monoisotopic (exact) mass is 458 g/mol. The van der Waals surface area contributed by atoms with Crippen molar-refractivity contribution >= 4 is 5.69 Å². The summed E-state index contributed by atoms with van der Waals surface area (Å²) in [6.45, 7) is 25.5. The second-order valence-corrected chi connectivity index (χ2v) is 9.83. The van der Waals surface area contributed by atoms with Gasteiger partial charge in [0, 0.05) is 46.1 Å². The van der Waals surface area contributed by atoms with Crippen molar-refractivity contribution in [2.75, 3.05) is 5.32 Å². The Morgan fingerprint density at radius 1 is 1.12 bits per heavy atom. The molecule has 1 rings (SSSR count). The Bertz CT molecular complexity index is 951. The smallest absolute Gasteiger partial charge is 0.142 e. The van der Waals surface area contributed by atoms with Crippen LogP contribution in [0.25, 0.3) is 0 Å². The van der Waals surface area contributed by atoms with Crippen molar-refractivity contribution < 1.29 is 8.78 Å². The van der Waals surface area contributed by atoms with E-state index in [1.807, 2.05) is 13.8 Å². The number of aryl methyl sites for hydroxylation is 1. The molecular formula is C27H40F2N4. The summed E-state index contributed by atoms with van der Waals surface area (Å²) in [4.78, 5) is 0. The third-order valence-electron chi connectivity index (χ3n) is 5.14. The van der Waals surface area contributed by atoms with Crippen molar-refractivity contribution in [2.24, 2.45) is 11.1 Å². The molecule has 0 bridgehead atoms. The van der Waals surface area contributed by atoms with Crippen molar-refractivity contribution in [3.8, 4) is 0 Å². The number of nitrogens with two attached hydrogens (primary N) is 1. The van der Waals surface area contributed by atoms with E-state index < -0.39 is 5.83 Å². The van der Waals surface area contributed by atoms with Gasteiger partial charge in [-0.1, -0.05) is 46.6 Å². The fourth-order valence-electron chi connectivity index (χ4n) is 3.19. The number of nitrogens with one attached hydrogen (secondary N) is 3. The molecule has 0 fully saturated rings. The third kappa shape index (κ3) is 9.56. The van der Waals surface area contributed by atoms with Crippen molar-refractivity contribution in [1.29, 1.82) is 0 Å². The van der Waals surface area contributed by atoms with Crippen LogP contribution in [0.15, 0.2) is 78.2 Å². The van der Waals surface area contributed by atoms with E-state index >= 15 is 4.39 Å². The molecule has 182 valence electrons. The number of hydrogen-bond donors (Lipinski definition) is 4. The van der Waals surface area contributed by atoms with Crippen LogP contribution in [0, 0.1) is 18.2 Å². The van der Waals surface area contributed by atoms with Crippen molar-refractivity contribution in [3.05, 3.63) is 89.6 Å². The summed E-state index contributed by atoms with van der Waals surface area (Å²) in [6, 6.07) is 4.67. The molecule has 2 unspecified atom stereocenters. The van der Waals surface area contributed by atoms with Crippen molar-refractivity contribution in [1.82, 2.24) is 10.6 Å². The molecule has 0 saturated carbocycles. The maximum absolute atomic E-state index is 15.0. The Balaban J connectivity index is 2.93. The van der Waals surface area contributed by atoms with Crippen LogP contribution < -0.4 is 21.7 Å². The zero-order valence-corrected chi connectivity index (χ0v) is 21.1. The summed E-state index contributed by atoms with van der Waals surface area (Å²) < 4.78 is 28.8. The number of halogens is 2. The van der Waals surface area contributed by atoms with E-state index in [1.165, 1.54) is 12.1 Å². The lowest BCUT2D eigenvalue weighted by Gasteiger charge is -2.28. The van der Waals surface area contributed by atoms with Gasteiger partial charge in [0.2, 0.25) is 0 Å². The summed E-state index contributed by atoms with van der Waals surface area (Å²) >= 11 is 0. The minimum atomic E-state index is -0.498. The molecular weight excluding hydrogens is 418 g/mol. The first-order valence-corrected chi connectivity index (χ1v) is 11.1. The highest BCUT2D eigenvalue weighted by Crippen LogP contribution is 2.23. The average Bonchev–Trinajstić information content (AvgIpc) is 2.66. The summed E-state index contributed by atoms with van der Waals surface area (Å²) in [5, 5.41) is 9.53. The molecule has 5 N–H and O–H groups in total. The van der Waals surface area contributed by atoms with Gasteiger partial charge < -0.3 is 21.7 Å². The number of rotatable bonds is 11. The van der Waals surface area contributed by atoms with Gasteiger partial charge in [-0.05, 0) is 63.3 Å². The van der Waals surface area contributed by atoms with Gasteiger partial charge in [-0.25, -0.2) is 8.78 Å². The molecule has 0 aliphatic heterocycles. The highest BCUT2D eigenvalue weighted by Gasteiger charge is 2.17. The zero-order chi connectivity index (χ0) is 25.5. The van der Waals surface area contributed by atoms with Crippen LogP contribution in [0.3, 0.4) is 0 Å². The first-order chi connectivity index (χ1) is 15.1. The quantitative estimate of drug-likeness (QED) is 0.283. The van der Waals surface area contributed by atoms with Gasteiger partial charge in [-0.3, -0.25) is 0 Å². The van der Waals surface area contributed by atoms with Crippen LogP contribution in [0.5, 0.6) is 0 Å². The summed E-state index contributed by atoms with van der Waals surface area (Å²) in [6.07, 6.45) is 2.12. The Morgan fingerprint density at radius 3 is 2.21 bits per heavy atom. The number of allylic oxidation sites excluding steroid dienone is 4. The largest absolute Gasteiger partial charge is 0.399 e. The van der Waals surface area contributed by atoms with Gasteiger partial charge in [0.1, 0.15) is 11.6 Å². The molecule has 2 atom stereocenters. The fraction of sp³-hybridized carbons (Fsp3) is 0.407. The third-order valence-corrected chi connectivity index (χ3v) is 5.14. The molecule has 0 aromatic heterocycles. The molecule has 0 amide bonds. The van der Waals surface area contributed by atoms with Crippen LogP contribution in [0.4, 0.5) is 14.5 Å². The standard InChI is InChI=1S/C27H40F2N4/c1-16-11-12-23(13-25(16)28)33-21(6)24(18(3)30)14-26(29)22(7)32-20(5)19(4)31-17(2)15-27(8,9)10/h11-14,19-20,31-33H,2-3,6,15,30H2,1,4-5,7-10H3/b24-14-,26-22-. The van der Waals surface area contributed by atoms with Crippen LogP contribution in [0.2, 0.25) is 0 Å². The summed E-state index contributed by atoms with van der Waals surface area (Å²) in [5.74, 6) is -0.847. The van der Waals surface area contributed by atoms with E-state index in [0.717, 1.165) is 12.1 Å². The lowest BCUT2D eigenvalue weighted by molar-refractivity contribution is 0.379. The molecule has 4 nitrogen and oxygen atoms in total. The van der Waals surface area contributed by atoms with Crippen LogP contribution in [-0.4, -0.2) is 12.1 Å². The van der Waals surface area contributed by atoms with Gasteiger partial charge in [0.15, 0.2) is 0 Å². The summed E-state index contributed by atoms with van der Waals surface area (Å²) in [5.41, 5.74) is 9.08. The maximum atomic E-state index is 15.0. The van der Waals surface area contributed by atoms with E-state index in [-0.39, 0.29) is 29.0 Å². The first kappa shape index (κ1) is 28.0. The normalized spacial score (nSPS) is 14.6. The molecule has 1 aromatic carbocycles. The van der Waals surface area contributed by atoms with E-state index in [1.54, 1.807) is 26.0 Å². The van der Waals surface area contributed by atoms with Crippen molar-refractivity contribution in [2.45, 2.75) is 67.0 Å². The molecule has 0 saturated heterocycles. The van der Waals surface area contributed by atoms with Gasteiger partial charge in [0.05, 0.1) is 0 Å². The minimum Gasteiger partial charge on any atom is -0.399 e. The lowest BCUT2D eigenvalue weighted by Crippen LogP contribution is -2.43. The molecule has 0 aliphatic rings. The second-order valence-electron chi connectivity index (χ2n) is 9.83. The molecule has 0 heterocycles.